The second-order valence-electron chi connectivity index (χ2n) is 3.79. The molecule has 0 N–H and O–H groups in total. The van der Waals surface area contributed by atoms with E-state index in [9.17, 15) is 34.5 Å². The zero-order valence-electron chi connectivity index (χ0n) is 12.1. The van der Waals surface area contributed by atoms with E-state index in [4.69, 9.17) is 1.40 Å². The molecule has 13 heteroatoms. The Balaban J connectivity index is 0.000000480. The first-order valence-electron chi connectivity index (χ1n) is 6.25. The molecule has 0 fully saturated rings. The normalized spacial score (nSPS) is 10.9. The van der Waals surface area contributed by atoms with Gasteiger partial charge >= 0.3 is 57.7 Å². The molecular formula is C12H10B2F8I2O. The monoisotopic (exact) mass is 598 g/mol. The minimum Gasteiger partial charge on any atom is -0.418 e. The van der Waals surface area contributed by atoms with Gasteiger partial charge in [0.25, 0.3) is 0 Å². The molecule has 1 nitrogen and oxygen atoms in total. The molecule has 2 rings (SSSR count). The molecule has 0 saturated heterocycles. The van der Waals surface area contributed by atoms with Gasteiger partial charge in [-0.05, 0) is 24.3 Å². The molecule has 0 atom stereocenters. The molecule has 0 aromatic heterocycles. The van der Waals surface area contributed by atoms with E-state index in [0.717, 1.165) is 0 Å². The van der Waals surface area contributed by atoms with Crippen LogP contribution in [0, 0.1) is 7.14 Å². The summed E-state index contributed by atoms with van der Waals surface area (Å²) in [5, 5.41) is 0. The fourth-order valence-corrected chi connectivity index (χ4v) is 6.04. The highest BCUT2D eigenvalue weighted by molar-refractivity contribution is 6.50. The molecule has 0 spiro atoms. The van der Waals surface area contributed by atoms with Crippen LogP contribution in [0.2, 0.25) is 0 Å². The van der Waals surface area contributed by atoms with Crippen molar-refractivity contribution in [3.05, 3.63) is 67.8 Å². The van der Waals surface area contributed by atoms with Crippen molar-refractivity contribution in [2.45, 2.75) is 0 Å². The molecule has 0 saturated carbocycles. The first kappa shape index (κ1) is 24.4. The molecule has 0 bridgehead atoms. The quantitative estimate of drug-likeness (QED) is 0.259. The summed E-state index contributed by atoms with van der Waals surface area (Å²) >= 11 is -0.500. The number of hydrogen-bond acceptors (Lipinski definition) is 1. The fraction of sp³-hybridized carbons (Fsp3) is 0. The maximum absolute atomic E-state index is 9.75. The molecule has 0 aliphatic carbocycles. The zero-order valence-corrected chi connectivity index (χ0v) is 16.4. The Hall–Kier alpha value is -0.570. The summed E-state index contributed by atoms with van der Waals surface area (Å²) in [5.74, 6) is 0. The molecule has 0 heterocycles. The van der Waals surface area contributed by atoms with Crippen LogP contribution in [0.25, 0.3) is 0 Å². The lowest BCUT2D eigenvalue weighted by molar-refractivity contribution is -1.15. The topological polar surface area (TPSA) is 9.23 Å². The summed E-state index contributed by atoms with van der Waals surface area (Å²) in [6.07, 6.45) is 0. The summed E-state index contributed by atoms with van der Waals surface area (Å²) in [4.78, 5) is 0. The maximum atomic E-state index is 9.75. The van der Waals surface area contributed by atoms with Gasteiger partial charge in [-0.3, -0.25) is 0 Å². The van der Waals surface area contributed by atoms with Gasteiger partial charge in [-0.15, -0.1) is 0 Å². The highest BCUT2D eigenvalue weighted by Gasteiger charge is 2.27. The lowest BCUT2D eigenvalue weighted by atomic mass is 10.3. The summed E-state index contributed by atoms with van der Waals surface area (Å²) in [7, 11) is -12.0. The van der Waals surface area contributed by atoms with Gasteiger partial charge < -0.3 is 34.5 Å². The van der Waals surface area contributed by atoms with Gasteiger partial charge in [-0.25, -0.2) is 0 Å². The Labute approximate surface area is 161 Å². The lowest BCUT2D eigenvalue weighted by Gasteiger charge is -1.94. The SMILES string of the molecule is F[B-](F)(F)F.F[B-](F)(F)F.c1ccc([I+]O[I+]c2ccccc2)cc1. The van der Waals surface area contributed by atoms with Crippen molar-refractivity contribution in [2.24, 2.45) is 0 Å². The minimum absolute atomic E-state index is 0.250. The second kappa shape index (κ2) is 12.7. The van der Waals surface area contributed by atoms with Crippen LogP contribution in [0.3, 0.4) is 0 Å². The lowest BCUT2D eigenvalue weighted by Crippen LogP contribution is -3.82. The third-order valence-electron chi connectivity index (χ3n) is 1.70. The maximum Gasteiger partial charge on any atom is 0.673 e. The number of halogens is 10. The molecule has 0 unspecified atom stereocenters. The fourth-order valence-electron chi connectivity index (χ4n) is 1.01. The standard InChI is InChI=1S/C12H10I2O.2BF4/c1-3-7-11(8-4-1)13-15-14-12-9-5-2-6-10-12;2*2-1(3,4)5/h1-10H;;/q+2;2*-1. The molecule has 2 aromatic rings. The molecular weight excluding hydrogens is 588 g/mol. The van der Waals surface area contributed by atoms with E-state index in [1.165, 1.54) is 7.14 Å². The van der Waals surface area contributed by atoms with Gasteiger partial charge in [0.1, 0.15) is 1.40 Å². The van der Waals surface area contributed by atoms with Crippen molar-refractivity contribution in [3.63, 3.8) is 0 Å². The summed E-state index contributed by atoms with van der Waals surface area (Å²) in [5.41, 5.74) is 0. The third kappa shape index (κ3) is 23.4. The van der Waals surface area contributed by atoms with E-state index >= 15 is 0 Å². The van der Waals surface area contributed by atoms with Gasteiger partial charge in [0, 0.05) is 0 Å². The van der Waals surface area contributed by atoms with Crippen molar-refractivity contribution in [3.8, 4) is 0 Å². The van der Waals surface area contributed by atoms with Crippen molar-refractivity contribution in [1.29, 1.82) is 0 Å². The summed E-state index contributed by atoms with van der Waals surface area (Å²) in [6, 6.07) is 20.9. The minimum atomic E-state index is -6.00. The number of benzene rings is 2. The smallest absolute Gasteiger partial charge is 0.418 e. The van der Waals surface area contributed by atoms with E-state index in [2.05, 4.69) is 48.5 Å². The van der Waals surface area contributed by atoms with Gasteiger partial charge in [0.05, 0.1) is 0 Å². The predicted octanol–water partition coefficient (Wildman–Crippen LogP) is -0.649. The number of hydrogen-bond donors (Lipinski definition) is 0. The van der Waals surface area contributed by atoms with Crippen molar-refractivity contribution < 1.29 is 79.2 Å². The zero-order chi connectivity index (χ0) is 19.3. The molecule has 140 valence electrons. The summed E-state index contributed by atoms with van der Waals surface area (Å²) < 4.78 is 86.5. The van der Waals surface area contributed by atoms with Crippen LogP contribution < -0.4 is 43.2 Å². The second-order valence-corrected chi connectivity index (χ2v) is 9.73. The van der Waals surface area contributed by atoms with Crippen molar-refractivity contribution >= 4 is 14.5 Å². The highest BCUT2D eigenvalue weighted by Crippen LogP contribution is 2.07. The number of rotatable bonds is 4. The van der Waals surface area contributed by atoms with Crippen LogP contribution in [0.1, 0.15) is 0 Å². The first-order chi connectivity index (χ1) is 11.4. The van der Waals surface area contributed by atoms with Crippen LogP contribution in [-0.2, 0) is 1.40 Å². The van der Waals surface area contributed by atoms with Crippen LogP contribution >= 0.6 is 0 Å². The van der Waals surface area contributed by atoms with E-state index in [1.54, 1.807) is 0 Å². The third-order valence-corrected chi connectivity index (χ3v) is 6.72. The van der Waals surface area contributed by atoms with Gasteiger partial charge in [0.15, 0.2) is 0 Å². The van der Waals surface area contributed by atoms with Crippen LogP contribution in [-0.4, -0.2) is 14.5 Å². The molecule has 0 aliphatic heterocycles. The first-order valence-corrected chi connectivity index (χ1v) is 10.2. The van der Waals surface area contributed by atoms with Crippen LogP contribution in [0.15, 0.2) is 60.7 Å². The Morgan fingerprint density at radius 3 is 1.00 bits per heavy atom. The van der Waals surface area contributed by atoms with E-state index in [-0.39, 0.29) is 43.2 Å². The molecule has 0 aliphatic rings. The average molecular weight is 598 g/mol. The average Bonchev–Trinajstić information content (AvgIpc) is 2.46. The van der Waals surface area contributed by atoms with E-state index in [1.807, 2.05) is 12.1 Å². The van der Waals surface area contributed by atoms with Crippen molar-refractivity contribution in [1.82, 2.24) is 0 Å². The van der Waals surface area contributed by atoms with Gasteiger partial charge in [0.2, 0.25) is 7.14 Å². The molecule has 0 amide bonds. The van der Waals surface area contributed by atoms with Crippen molar-refractivity contribution in [2.75, 3.05) is 0 Å². The van der Waals surface area contributed by atoms with Crippen LogP contribution in [0.5, 0.6) is 0 Å². The van der Waals surface area contributed by atoms with Gasteiger partial charge in [-0.2, -0.15) is 0 Å². The Morgan fingerprint density at radius 1 is 0.520 bits per heavy atom. The van der Waals surface area contributed by atoms with Gasteiger partial charge in [-0.1, -0.05) is 36.4 Å². The Kier molecular flexibility index (Phi) is 12.4. The molecule has 25 heavy (non-hydrogen) atoms. The Morgan fingerprint density at radius 2 is 0.760 bits per heavy atom. The summed E-state index contributed by atoms with van der Waals surface area (Å²) in [6.45, 7) is 0. The Bertz CT molecular complexity index is 505. The van der Waals surface area contributed by atoms with E-state index < -0.39 is 14.5 Å². The van der Waals surface area contributed by atoms with E-state index in [0.29, 0.717) is 0 Å². The predicted molar refractivity (Wildman–Crippen MR) is 71.7 cm³/mol. The molecule has 2 aromatic carbocycles. The largest absolute Gasteiger partial charge is 0.673 e. The highest BCUT2D eigenvalue weighted by atomic mass is 127. The molecule has 0 radical (unpaired) electrons. The van der Waals surface area contributed by atoms with Crippen LogP contribution in [0.4, 0.5) is 34.5 Å².